The molecule has 0 aromatic heterocycles. The summed E-state index contributed by atoms with van der Waals surface area (Å²) in [6, 6.07) is 15.9. The van der Waals surface area contributed by atoms with Gasteiger partial charge in [-0.05, 0) is 55.0 Å². The molecule has 3 nitrogen and oxygen atoms in total. The molecule has 98 valence electrons. The van der Waals surface area contributed by atoms with Gasteiger partial charge in [-0.25, -0.2) is 0 Å². The molecule has 3 N–H and O–H groups in total. The van der Waals surface area contributed by atoms with E-state index in [1.807, 2.05) is 55.5 Å². The molecule has 0 aliphatic carbocycles. The van der Waals surface area contributed by atoms with Crippen LogP contribution in [0.5, 0.6) is 0 Å². The van der Waals surface area contributed by atoms with Gasteiger partial charge in [-0.3, -0.25) is 10.9 Å². The van der Waals surface area contributed by atoms with Gasteiger partial charge in [-0.2, -0.15) is 0 Å². The van der Waals surface area contributed by atoms with E-state index in [4.69, 9.17) is 12.2 Å². The van der Waals surface area contributed by atoms with Crippen molar-refractivity contribution in [2.75, 3.05) is 10.7 Å². The Hall–Kier alpha value is -1.59. The third-order valence-electron chi connectivity index (χ3n) is 2.42. The first-order chi connectivity index (χ1) is 9.13. The first-order valence-corrected chi connectivity index (χ1v) is 6.99. The summed E-state index contributed by atoms with van der Waals surface area (Å²) < 4.78 is 1.01. The lowest BCUT2D eigenvalue weighted by atomic mass is 10.2. The summed E-state index contributed by atoms with van der Waals surface area (Å²) in [7, 11) is 0. The Morgan fingerprint density at radius 1 is 1.05 bits per heavy atom. The molecule has 0 saturated carbocycles. The zero-order valence-corrected chi connectivity index (χ0v) is 12.8. The number of hydrogen-bond acceptors (Lipinski definition) is 2. The van der Waals surface area contributed by atoms with E-state index in [0.29, 0.717) is 5.11 Å². The number of aryl methyl sites for hydroxylation is 1. The fourth-order valence-electron chi connectivity index (χ4n) is 1.58. The number of thiocarbonyl (C=S) groups is 1. The van der Waals surface area contributed by atoms with E-state index in [9.17, 15) is 0 Å². The first kappa shape index (κ1) is 13.8. The highest BCUT2D eigenvalue weighted by Gasteiger charge is 1.98. The Labute approximate surface area is 126 Å². The molecule has 0 radical (unpaired) electrons. The molecule has 2 aromatic rings. The molecule has 0 fully saturated rings. The Morgan fingerprint density at radius 2 is 1.79 bits per heavy atom. The van der Waals surface area contributed by atoms with Gasteiger partial charge in [0.05, 0.1) is 5.69 Å². The molecule has 0 saturated heterocycles. The minimum Gasteiger partial charge on any atom is -0.331 e. The standard InChI is InChI=1S/C14H14BrN3S/c1-10-4-2-6-12(8-10)16-14(19)18-17-13-7-3-5-11(15)9-13/h2-9,17H,1H3,(H2,16,18,19). The Morgan fingerprint density at radius 3 is 2.53 bits per heavy atom. The van der Waals surface area contributed by atoms with Crippen LogP contribution in [-0.2, 0) is 0 Å². The van der Waals surface area contributed by atoms with Crippen LogP contribution >= 0.6 is 28.1 Å². The molecule has 19 heavy (non-hydrogen) atoms. The summed E-state index contributed by atoms with van der Waals surface area (Å²) in [6.45, 7) is 2.04. The summed E-state index contributed by atoms with van der Waals surface area (Å²) in [5.74, 6) is 0. The normalized spacial score (nSPS) is 9.79. The summed E-state index contributed by atoms with van der Waals surface area (Å²) in [4.78, 5) is 0. The van der Waals surface area contributed by atoms with Gasteiger partial charge >= 0.3 is 0 Å². The fourth-order valence-corrected chi connectivity index (χ4v) is 2.15. The van der Waals surface area contributed by atoms with Crippen molar-refractivity contribution < 1.29 is 0 Å². The smallest absolute Gasteiger partial charge is 0.189 e. The van der Waals surface area contributed by atoms with Crippen LogP contribution in [0.4, 0.5) is 11.4 Å². The molecule has 0 aliphatic rings. The van der Waals surface area contributed by atoms with E-state index in [-0.39, 0.29) is 0 Å². The lowest BCUT2D eigenvalue weighted by Gasteiger charge is -2.13. The predicted molar refractivity (Wildman–Crippen MR) is 88.3 cm³/mol. The molecule has 2 rings (SSSR count). The molecule has 0 aliphatic heterocycles. The van der Waals surface area contributed by atoms with Gasteiger partial charge in [0.2, 0.25) is 0 Å². The lowest BCUT2D eigenvalue weighted by Crippen LogP contribution is -2.33. The summed E-state index contributed by atoms with van der Waals surface area (Å²) in [5.41, 5.74) is 9.07. The van der Waals surface area contributed by atoms with E-state index in [2.05, 4.69) is 32.1 Å². The number of rotatable bonds is 3. The van der Waals surface area contributed by atoms with E-state index < -0.39 is 0 Å². The van der Waals surface area contributed by atoms with Gasteiger partial charge in [-0.1, -0.05) is 34.1 Å². The predicted octanol–water partition coefficient (Wildman–Crippen LogP) is 4.07. The monoisotopic (exact) mass is 335 g/mol. The lowest BCUT2D eigenvalue weighted by molar-refractivity contribution is 1.14. The zero-order chi connectivity index (χ0) is 13.7. The second-order valence-corrected chi connectivity index (χ2v) is 5.41. The van der Waals surface area contributed by atoms with E-state index in [0.717, 1.165) is 15.8 Å². The largest absolute Gasteiger partial charge is 0.331 e. The molecule has 0 bridgehead atoms. The average molecular weight is 336 g/mol. The van der Waals surface area contributed by atoms with Crippen molar-refractivity contribution >= 4 is 44.6 Å². The van der Waals surface area contributed by atoms with Crippen LogP contribution in [0.1, 0.15) is 5.56 Å². The van der Waals surface area contributed by atoms with Crippen molar-refractivity contribution in [3.05, 3.63) is 58.6 Å². The Balaban J connectivity index is 1.88. The summed E-state index contributed by atoms with van der Waals surface area (Å²) in [6.07, 6.45) is 0. The van der Waals surface area contributed by atoms with Gasteiger partial charge in [0.15, 0.2) is 5.11 Å². The third kappa shape index (κ3) is 4.54. The SMILES string of the molecule is Cc1cccc(NC(=S)NNc2cccc(Br)c2)c1. The number of hydrogen-bond donors (Lipinski definition) is 3. The molecule has 0 spiro atoms. The van der Waals surface area contributed by atoms with Crippen molar-refractivity contribution in [1.29, 1.82) is 0 Å². The number of benzene rings is 2. The molecule has 2 aromatic carbocycles. The highest BCUT2D eigenvalue weighted by atomic mass is 79.9. The third-order valence-corrected chi connectivity index (χ3v) is 3.12. The van der Waals surface area contributed by atoms with Crippen molar-refractivity contribution in [1.82, 2.24) is 5.43 Å². The molecule has 0 unspecified atom stereocenters. The van der Waals surface area contributed by atoms with Crippen molar-refractivity contribution in [3.63, 3.8) is 0 Å². The van der Waals surface area contributed by atoms with E-state index in [1.165, 1.54) is 5.56 Å². The van der Waals surface area contributed by atoms with Gasteiger partial charge in [0, 0.05) is 10.2 Å². The minimum atomic E-state index is 0.519. The maximum atomic E-state index is 5.21. The number of nitrogens with one attached hydrogen (secondary N) is 3. The van der Waals surface area contributed by atoms with Crippen LogP contribution in [0.15, 0.2) is 53.0 Å². The van der Waals surface area contributed by atoms with Crippen LogP contribution in [-0.4, -0.2) is 5.11 Å². The van der Waals surface area contributed by atoms with Crippen LogP contribution < -0.4 is 16.2 Å². The molecule has 5 heteroatoms. The molecule has 0 heterocycles. The van der Waals surface area contributed by atoms with Gasteiger partial charge in [-0.15, -0.1) is 0 Å². The van der Waals surface area contributed by atoms with Crippen molar-refractivity contribution in [3.8, 4) is 0 Å². The van der Waals surface area contributed by atoms with Crippen molar-refractivity contribution in [2.45, 2.75) is 6.92 Å². The van der Waals surface area contributed by atoms with E-state index in [1.54, 1.807) is 0 Å². The van der Waals surface area contributed by atoms with Crippen LogP contribution in [0.2, 0.25) is 0 Å². The van der Waals surface area contributed by atoms with Crippen LogP contribution in [0, 0.1) is 6.92 Å². The van der Waals surface area contributed by atoms with Crippen molar-refractivity contribution in [2.24, 2.45) is 0 Å². The van der Waals surface area contributed by atoms with Crippen LogP contribution in [0.25, 0.3) is 0 Å². The Kier molecular flexibility index (Phi) is 4.76. The average Bonchev–Trinajstić information content (AvgIpc) is 2.36. The highest BCUT2D eigenvalue weighted by molar-refractivity contribution is 9.10. The number of anilines is 2. The maximum Gasteiger partial charge on any atom is 0.189 e. The number of halogens is 1. The molecular formula is C14H14BrN3S. The Bertz CT molecular complexity index is 586. The highest BCUT2D eigenvalue weighted by Crippen LogP contribution is 2.14. The molecule has 0 atom stereocenters. The zero-order valence-electron chi connectivity index (χ0n) is 10.4. The van der Waals surface area contributed by atoms with E-state index >= 15 is 0 Å². The van der Waals surface area contributed by atoms with Gasteiger partial charge < -0.3 is 5.32 Å². The van der Waals surface area contributed by atoms with Gasteiger partial charge in [0.25, 0.3) is 0 Å². The molecule has 0 amide bonds. The topological polar surface area (TPSA) is 36.1 Å². The summed E-state index contributed by atoms with van der Waals surface area (Å²) >= 11 is 8.63. The second-order valence-electron chi connectivity index (χ2n) is 4.08. The van der Waals surface area contributed by atoms with Crippen LogP contribution in [0.3, 0.4) is 0 Å². The summed E-state index contributed by atoms with van der Waals surface area (Å²) in [5, 5.41) is 3.63. The van der Waals surface area contributed by atoms with Gasteiger partial charge in [0.1, 0.15) is 0 Å². The molecular weight excluding hydrogens is 322 g/mol. The second kappa shape index (κ2) is 6.54. The quantitative estimate of drug-likeness (QED) is 0.583. The minimum absolute atomic E-state index is 0.519. The number of hydrazine groups is 1. The first-order valence-electron chi connectivity index (χ1n) is 5.79. The maximum absolute atomic E-state index is 5.21. The fraction of sp³-hybridized carbons (Fsp3) is 0.0714.